The number of benzene rings is 2. The smallest absolute Gasteiger partial charge is 0.0416 e. The average molecular weight is 239 g/mol. The van der Waals surface area contributed by atoms with E-state index in [1.165, 1.54) is 28.9 Å². The number of nitrogens with one attached hydrogen (secondary N) is 1. The van der Waals surface area contributed by atoms with Crippen molar-refractivity contribution in [1.29, 1.82) is 0 Å². The molecule has 1 N–H and O–H groups in total. The second kappa shape index (κ2) is 6.25. The molecule has 0 bridgehead atoms. The van der Waals surface area contributed by atoms with E-state index in [9.17, 15) is 0 Å². The van der Waals surface area contributed by atoms with Crippen LogP contribution in [-0.2, 0) is 12.8 Å². The van der Waals surface area contributed by atoms with Gasteiger partial charge in [0.15, 0.2) is 0 Å². The molecular formula is C17H21N. The first-order valence-electron chi connectivity index (χ1n) is 6.86. The van der Waals surface area contributed by atoms with E-state index in [1.54, 1.807) is 0 Å². The van der Waals surface area contributed by atoms with Gasteiger partial charge in [0.05, 0.1) is 0 Å². The van der Waals surface area contributed by atoms with E-state index in [0.717, 1.165) is 12.8 Å². The van der Waals surface area contributed by atoms with Crippen LogP contribution < -0.4 is 5.32 Å². The SMILES string of the molecule is CC.c1ccc2c(c1)CCCc1ccccc1N2. The van der Waals surface area contributed by atoms with Crippen molar-refractivity contribution < 1.29 is 0 Å². The van der Waals surface area contributed by atoms with Gasteiger partial charge in [0, 0.05) is 11.4 Å². The molecule has 0 radical (unpaired) electrons. The summed E-state index contributed by atoms with van der Waals surface area (Å²) in [6.07, 6.45) is 3.56. The van der Waals surface area contributed by atoms with Gasteiger partial charge in [-0.1, -0.05) is 50.2 Å². The van der Waals surface area contributed by atoms with Gasteiger partial charge in [-0.2, -0.15) is 0 Å². The molecule has 0 saturated carbocycles. The molecule has 0 spiro atoms. The average Bonchev–Trinajstić information content (AvgIpc) is 2.41. The predicted molar refractivity (Wildman–Crippen MR) is 79.5 cm³/mol. The number of para-hydroxylation sites is 2. The number of rotatable bonds is 0. The zero-order chi connectivity index (χ0) is 12.8. The lowest BCUT2D eigenvalue weighted by atomic mass is 9.98. The highest BCUT2D eigenvalue weighted by molar-refractivity contribution is 5.66. The summed E-state index contributed by atoms with van der Waals surface area (Å²) in [6.45, 7) is 4.00. The van der Waals surface area contributed by atoms with Gasteiger partial charge in [0.2, 0.25) is 0 Å². The summed E-state index contributed by atoms with van der Waals surface area (Å²) in [7, 11) is 0. The molecule has 2 aromatic rings. The lowest BCUT2D eigenvalue weighted by molar-refractivity contribution is 0.817. The van der Waals surface area contributed by atoms with Crippen molar-refractivity contribution in [3.05, 3.63) is 59.7 Å². The Morgan fingerprint density at radius 3 is 1.67 bits per heavy atom. The van der Waals surface area contributed by atoms with Crippen molar-refractivity contribution in [1.82, 2.24) is 0 Å². The topological polar surface area (TPSA) is 12.0 Å². The summed E-state index contributed by atoms with van der Waals surface area (Å²) in [5.74, 6) is 0. The van der Waals surface area contributed by atoms with Gasteiger partial charge < -0.3 is 5.32 Å². The first kappa shape index (κ1) is 12.7. The fourth-order valence-electron chi connectivity index (χ4n) is 2.33. The highest BCUT2D eigenvalue weighted by atomic mass is 14.9. The fraction of sp³-hybridized carbons (Fsp3) is 0.294. The van der Waals surface area contributed by atoms with Crippen molar-refractivity contribution in [2.45, 2.75) is 33.1 Å². The van der Waals surface area contributed by atoms with Gasteiger partial charge in [-0.15, -0.1) is 0 Å². The van der Waals surface area contributed by atoms with E-state index < -0.39 is 0 Å². The molecule has 1 aliphatic heterocycles. The summed E-state index contributed by atoms with van der Waals surface area (Å²) in [5.41, 5.74) is 5.37. The maximum absolute atomic E-state index is 3.54. The molecule has 0 unspecified atom stereocenters. The molecule has 0 saturated heterocycles. The van der Waals surface area contributed by atoms with E-state index in [1.807, 2.05) is 13.8 Å². The van der Waals surface area contributed by atoms with Crippen molar-refractivity contribution in [2.75, 3.05) is 5.32 Å². The summed E-state index contributed by atoms with van der Waals surface area (Å²) >= 11 is 0. The van der Waals surface area contributed by atoms with Crippen LogP contribution in [0.4, 0.5) is 11.4 Å². The molecule has 3 rings (SSSR count). The van der Waals surface area contributed by atoms with Crippen LogP contribution in [0.2, 0.25) is 0 Å². The van der Waals surface area contributed by atoms with Crippen molar-refractivity contribution in [3.8, 4) is 0 Å². The number of hydrogen-bond acceptors (Lipinski definition) is 1. The maximum Gasteiger partial charge on any atom is 0.0416 e. The van der Waals surface area contributed by atoms with E-state index in [2.05, 4.69) is 53.8 Å². The third-order valence-corrected chi connectivity index (χ3v) is 3.20. The van der Waals surface area contributed by atoms with Crippen molar-refractivity contribution >= 4 is 11.4 Å². The second-order valence-electron chi connectivity index (χ2n) is 4.29. The molecule has 0 aliphatic carbocycles. The highest BCUT2D eigenvalue weighted by Crippen LogP contribution is 2.28. The third-order valence-electron chi connectivity index (χ3n) is 3.20. The van der Waals surface area contributed by atoms with E-state index >= 15 is 0 Å². The molecule has 1 heteroatoms. The van der Waals surface area contributed by atoms with Gasteiger partial charge in [0.1, 0.15) is 0 Å². The second-order valence-corrected chi connectivity index (χ2v) is 4.29. The first-order valence-corrected chi connectivity index (χ1v) is 6.86. The molecule has 0 fully saturated rings. The fourth-order valence-corrected chi connectivity index (χ4v) is 2.33. The van der Waals surface area contributed by atoms with E-state index in [-0.39, 0.29) is 0 Å². The van der Waals surface area contributed by atoms with Crippen molar-refractivity contribution in [2.24, 2.45) is 0 Å². The molecule has 0 atom stereocenters. The summed E-state index contributed by atoms with van der Waals surface area (Å²) in [5, 5.41) is 3.54. The Morgan fingerprint density at radius 1 is 0.722 bits per heavy atom. The maximum atomic E-state index is 3.54. The lowest BCUT2D eigenvalue weighted by Crippen LogP contribution is -2.03. The van der Waals surface area contributed by atoms with Gasteiger partial charge >= 0.3 is 0 Å². The number of fused-ring (bicyclic) bond motifs is 2. The van der Waals surface area contributed by atoms with Gasteiger partial charge in [-0.05, 0) is 42.5 Å². The number of hydrogen-bond donors (Lipinski definition) is 1. The predicted octanol–water partition coefficient (Wildman–Crippen LogP) is 4.95. The Labute approximate surface area is 110 Å². The van der Waals surface area contributed by atoms with Crippen LogP contribution >= 0.6 is 0 Å². The van der Waals surface area contributed by atoms with Crippen LogP contribution in [0.5, 0.6) is 0 Å². The summed E-state index contributed by atoms with van der Waals surface area (Å²) in [4.78, 5) is 0. The Balaban J connectivity index is 0.000000574. The largest absolute Gasteiger partial charge is 0.355 e. The third kappa shape index (κ3) is 2.73. The summed E-state index contributed by atoms with van der Waals surface area (Å²) < 4.78 is 0. The number of anilines is 2. The molecule has 18 heavy (non-hydrogen) atoms. The Kier molecular flexibility index (Phi) is 4.40. The van der Waals surface area contributed by atoms with Crippen LogP contribution in [0.25, 0.3) is 0 Å². The van der Waals surface area contributed by atoms with Gasteiger partial charge in [-0.25, -0.2) is 0 Å². The van der Waals surface area contributed by atoms with Crippen LogP contribution in [0.1, 0.15) is 31.4 Å². The minimum atomic E-state index is 1.16. The van der Waals surface area contributed by atoms with E-state index in [4.69, 9.17) is 0 Å². The Bertz CT molecular complexity index is 457. The van der Waals surface area contributed by atoms with Crippen LogP contribution in [0.3, 0.4) is 0 Å². The van der Waals surface area contributed by atoms with Crippen LogP contribution in [0, 0.1) is 0 Å². The quantitative estimate of drug-likeness (QED) is 0.686. The lowest BCUT2D eigenvalue weighted by Gasteiger charge is -2.18. The highest BCUT2D eigenvalue weighted by Gasteiger charge is 2.09. The molecule has 1 heterocycles. The van der Waals surface area contributed by atoms with Gasteiger partial charge in [-0.3, -0.25) is 0 Å². The molecule has 0 amide bonds. The number of aryl methyl sites for hydroxylation is 2. The standard InChI is InChI=1S/C15H15N.C2H6/c1-3-10-14-12(6-1)8-5-9-13-7-2-4-11-15(13)16-14;1-2/h1-4,6-7,10-11,16H,5,8-9H2;1-2H3. The molecular weight excluding hydrogens is 218 g/mol. The monoisotopic (exact) mass is 239 g/mol. The van der Waals surface area contributed by atoms with Gasteiger partial charge in [0.25, 0.3) is 0 Å². The van der Waals surface area contributed by atoms with Crippen LogP contribution in [0.15, 0.2) is 48.5 Å². The molecule has 94 valence electrons. The minimum absolute atomic E-state index is 1.16. The van der Waals surface area contributed by atoms with E-state index in [0.29, 0.717) is 0 Å². The summed E-state index contributed by atoms with van der Waals surface area (Å²) in [6, 6.07) is 17.2. The minimum Gasteiger partial charge on any atom is -0.355 e. The zero-order valence-corrected chi connectivity index (χ0v) is 11.2. The normalized spacial score (nSPS) is 12.8. The molecule has 1 aliphatic rings. The van der Waals surface area contributed by atoms with Crippen molar-refractivity contribution in [3.63, 3.8) is 0 Å². The molecule has 1 nitrogen and oxygen atoms in total. The zero-order valence-electron chi connectivity index (χ0n) is 11.2. The Hall–Kier alpha value is -1.76. The molecule has 2 aromatic carbocycles. The van der Waals surface area contributed by atoms with Crippen LogP contribution in [-0.4, -0.2) is 0 Å². The Morgan fingerprint density at radius 2 is 1.17 bits per heavy atom. The molecule has 0 aromatic heterocycles. The first-order chi connectivity index (χ1) is 8.93.